The lowest BCUT2D eigenvalue weighted by Crippen LogP contribution is -2.56. The van der Waals surface area contributed by atoms with Gasteiger partial charge in [-0.1, -0.05) is 36.4 Å². The molecule has 2 aromatic rings. The predicted octanol–water partition coefficient (Wildman–Crippen LogP) is 4.34. The van der Waals surface area contributed by atoms with E-state index in [4.69, 9.17) is 4.74 Å². The predicted molar refractivity (Wildman–Crippen MR) is 126 cm³/mol. The van der Waals surface area contributed by atoms with E-state index in [9.17, 15) is 9.59 Å². The molecular formula is C27H32N2O3. The Labute approximate surface area is 190 Å². The molecule has 2 aliphatic rings. The van der Waals surface area contributed by atoms with Crippen LogP contribution in [0, 0.1) is 5.92 Å². The van der Waals surface area contributed by atoms with Crippen LogP contribution in [-0.2, 0) is 10.2 Å². The molecular weight excluding hydrogens is 400 g/mol. The molecule has 1 saturated heterocycles. The van der Waals surface area contributed by atoms with Gasteiger partial charge in [-0.2, -0.15) is 0 Å². The monoisotopic (exact) mass is 432 g/mol. The van der Waals surface area contributed by atoms with Crippen molar-refractivity contribution in [1.29, 1.82) is 0 Å². The van der Waals surface area contributed by atoms with Gasteiger partial charge >= 0.3 is 5.97 Å². The Bertz CT molecular complexity index is 974. The number of nitrogens with zero attached hydrogens (tertiary/aromatic N) is 1. The zero-order chi connectivity index (χ0) is 22.6. The number of hydrogen-bond acceptors (Lipinski definition) is 4. The van der Waals surface area contributed by atoms with Crippen molar-refractivity contribution in [3.8, 4) is 5.75 Å². The summed E-state index contributed by atoms with van der Waals surface area (Å²) in [5.74, 6) is 0.747. The first kappa shape index (κ1) is 22.3. The molecule has 1 aliphatic carbocycles. The van der Waals surface area contributed by atoms with Crippen LogP contribution in [0.5, 0.6) is 5.75 Å². The van der Waals surface area contributed by atoms with Gasteiger partial charge in [-0.25, -0.2) is 0 Å². The molecule has 168 valence electrons. The van der Waals surface area contributed by atoms with Crippen LogP contribution >= 0.6 is 0 Å². The second-order valence-corrected chi connectivity index (χ2v) is 9.09. The Morgan fingerprint density at radius 1 is 1.19 bits per heavy atom. The third kappa shape index (κ3) is 4.78. The van der Waals surface area contributed by atoms with E-state index in [1.54, 1.807) is 0 Å². The number of carbonyl (C=O) groups excluding carboxylic acids is 2. The molecule has 0 spiro atoms. The molecule has 0 aromatic heterocycles. The smallest absolute Gasteiger partial charge is 0.308 e. The molecule has 3 unspecified atom stereocenters. The fraction of sp³-hybridized carbons (Fsp3) is 0.407. The lowest BCUT2D eigenvalue weighted by atomic mass is 9.58. The van der Waals surface area contributed by atoms with Crippen LogP contribution < -0.4 is 10.1 Å². The van der Waals surface area contributed by atoms with Gasteiger partial charge in [0.15, 0.2) is 0 Å². The van der Waals surface area contributed by atoms with Gasteiger partial charge in [-0.3, -0.25) is 14.5 Å². The molecule has 0 radical (unpaired) electrons. The van der Waals surface area contributed by atoms with Crippen LogP contribution in [0.3, 0.4) is 0 Å². The maximum atomic E-state index is 12.8. The van der Waals surface area contributed by atoms with Crippen molar-refractivity contribution in [2.75, 3.05) is 19.6 Å². The minimum absolute atomic E-state index is 0.0121. The van der Waals surface area contributed by atoms with Gasteiger partial charge in [0.2, 0.25) is 0 Å². The number of hydrogen-bond donors (Lipinski definition) is 1. The van der Waals surface area contributed by atoms with Crippen LogP contribution in [0.4, 0.5) is 0 Å². The minimum Gasteiger partial charge on any atom is -0.427 e. The maximum Gasteiger partial charge on any atom is 0.308 e. The zero-order valence-electron chi connectivity index (χ0n) is 18.8. The van der Waals surface area contributed by atoms with Gasteiger partial charge in [0.1, 0.15) is 5.75 Å². The summed E-state index contributed by atoms with van der Waals surface area (Å²) in [5.41, 5.74) is 1.85. The summed E-state index contributed by atoms with van der Waals surface area (Å²) in [6.45, 7) is 8.24. The van der Waals surface area contributed by atoms with Gasteiger partial charge < -0.3 is 10.1 Å². The first-order chi connectivity index (χ1) is 15.5. The number of rotatable bonds is 6. The number of nitrogens with one attached hydrogen (secondary N) is 1. The number of esters is 1. The van der Waals surface area contributed by atoms with Gasteiger partial charge in [0.05, 0.1) is 0 Å². The summed E-state index contributed by atoms with van der Waals surface area (Å²) in [6.07, 6.45) is 5.89. The summed E-state index contributed by atoms with van der Waals surface area (Å²) in [4.78, 5) is 26.8. The van der Waals surface area contributed by atoms with E-state index in [0.717, 1.165) is 45.3 Å². The average Bonchev–Trinajstić information content (AvgIpc) is 2.79. The molecule has 0 bridgehead atoms. The van der Waals surface area contributed by atoms with Crippen LogP contribution in [-0.4, -0.2) is 42.5 Å². The van der Waals surface area contributed by atoms with E-state index >= 15 is 0 Å². The second-order valence-electron chi connectivity index (χ2n) is 9.09. The number of ether oxygens (including phenoxy) is 1. The Hall–Kier alpha value is -2.92. The number of fused-ring (bicyclic) bond motifs is 1. The summed E-state index contributed by atoms with van der Waals surface area (Å²) in [6, 6.07) is 17.5. The molecule has 1 saturated carbocycles. The molecule has 5 heteroatoms. The van der Waals surface area contributed by atoms with E-state index in [2.05, 4.69) is 22.9 Å². The van der Waals surface area contributed by atoms with Crippen molar-refractivity contribution in [3.05, 3.63) is 78.4 Å². The van der Waals surface area contributed by atoms with Crippen LogP contribution in [0.1, 0.15) is 48.5 Å². The second kappa shape index (κ2) is 9.70. The van der Waals surface area contributed by atoms with E-state index < -0.39 is 0 Å². The highest BCUT2D eigenvalue weighted by Gasteiger charge is 2.48. The molecule has 4 rings (SSSR count). The minimum atomic E-state index is -0.311. The largest absolute Gasteiger partial charge is 0.427 e. The Balaban J connectivity index is 1.60. The first-order valence-electron chi connectivity index (χ1n) is 11.5. The number of benzene rings is 2. The van der Waals surface area contributed by atoms with Gasteiger partial charge in [0.25, 0.3) is 5.91 Å². The number of amides is 1. The average molecular weight is 433 g/mol. The molecule has 1 amide bonds. The van der Waals surface area contributed by atoms with E-state index in [0.29, 0.717) is 17.2 Å². The Morgan fingerprint density at radius 2 is 2.00 bits per heavy atom. The third-order valence-electron chi connectivity index (χ3n) is 7.04. The molecule has 1 aliphatic heterocycles. The molecule has 5 nitrogen and oxygen atoms in total. The van der Waals surface area contributed by atoms with E-state index in [-0.39, 0.29) is 23.3 Å². The highest BCUT2D eigenvalue weighted by Crippen LogP contribution is 2.49. The van der Waals surface area contributed by atoms with Crippen molar-refractivity contribution in [3.63, 3.8) is 0 Å². The SMILES string of the molecule is C=CCN1CCC2(c3cccc(OC(C)=O)c3)CC(NC(=O)c3ccccc3)CCC2C1. The standard InChI is InChI=1S/C27H32N2O3/c1-3-15-29-16-14-27(22-10-7-11-25(17-22)32-20(2)30)18-24(13-12-23(27)19-29)28-26(31)21-8-5-4-6-9-21/h3-11,17,23-24H,1,12-16,18-19H2,2H3,(H,28,31). The van der Waals surface area contributed by atoms with Crippen LogP contribution in [0.15, 0.2) is 67.3 Å². The number of piperidine rings is 1. The van der Waals surface area contributed by atoms with E-state index in [1.165, 1.54) is 12.5 Å². The van der Waals surface area contributed by atoms with Gasteiger partial charge in [-0.05, 0) is 68.0 Å². The quantitative estimate of drug-likeness (QED) is 0.419. The van der Waals surface area contributed by atoms with Crippen LogP contribution in [0.2, 0.25) is 0 Å². The molecule has 1 heterocycles. The normalized spacial score (nSPS) is 25.4. The lowest BCUT2D eigenvalue weighted by molar-refractivity contribution is -0.131. The molecule has 3 atom stereocenters. The molecule has 2 aromatic carbocycles. The maximum absolute atomic E-state index is 12.8. The Morgan fingerprint density at radius 3 is 2.75 bits per heavy atom. The van der Waals surface area contributed by atoms with Crippen molar-refractivity contribution in [2.45, 2.75) is 44.1 Å². The van der Waals surface area contributed by atoms with Gasteiger partial charge in [0, 0.05) is 37.0 Å². The van der Waals surface area contributed by atoms with Crippen molar-refractivity contribution in [1.82, 2.24) is 10.2 Å². The van der Waals surface area contributed by atoms with Crippen molar-refractivity contribution in [2.24, 2.45) is 5.92 Å². The van der Waals surface area contributed by atoms with Crippen LogP contribution in [0.25, 0.3) is 0 Å². The fourth-order valence-corrected chi connectivity index (χ4v) is 5.58. The summed E-state index contributed by atoms with van der Waals surface area (Å²) < 4.78 is 5.40. The summed E-state index contributed by atoms with van der Waals surface area (Å²) in [5, 5.41) is 3.29. The molecule has 2 fully saturated rings. The topological polar surface area (TPSA) is 58.6 Å². The molecule has 32 heavy (non-hydrogen) atoms. The first-order valence-corrected chi connectivity index (χ1v) is 11.5. The zero-order valence-corrected chi connectivity index (χ0v) is 18.8. The Kier molecular flexibility index (Phi) is 6.75. The summed E-state index contributed by atoms with van der Waals surface area (Å²) in [7, 11) is 0. The third-order valence-corrected chi connectivity index (χ3v) is 7.04. The number of likely N-dealkylation sites (tertiary alicyclic amines) is 1. The molecule has 1 N–H and O–H groups in total. The van der Waals surface area contributed by atoms with Crippen molar-refractivity contribution >= 4 is 11.9 Å². The van der Waals surface area contributed by atoms with Crippen molar-refractivity contribution < 1.29 is 14.3 Å². The number of carbonyl (C=O) groups is 2. The summed E-state index contributed by atoms with van der Waals surface area (Å²) >= 11 is 0. The highest BCUT2D eigenvalue weighted by atomic mass is 16.5. The lowest BCUT2D eigenvalue weighted by Gasteiger charge is -2.53. The highest BCUT2D eigenvalue weighted by molar-refractivity contribution is 5.94. The van der Waals surface area contributed by atoms with E-state index in [1.807, 2.05) is 54.6 Å². The fourth-order valence-electron chi connectivity index (χ4n) is 5.58. The van der Waals surface area contributed by atoms with Gasteiger partial charge in [-0.15, -0.1) is 6.58 Å².